The number of likely N-dealkylation sites (tertiary alicyclic amines) is 1. The van der Waals surface area contributed by atoms with Crippen LogP contribution in [0.5, 0.6) is 5.75 Å². The number of ether oxygens (including phenoxy) is 2. The van der Waals surface area contributed by atoms with E-state index in [1.54, 1.807) is 13.3 Å². The molecule has 2 aliphatic heterocycles. The first-order valence-electron chi connectivity index (χ1n) is 11.4. The van der Waals surface area contributed by atoms with Crippen LogP contribution in [0.4, 0.5) is 0 Å². The van der Waals surface area contributed by atoms with Crippen LogP contribution in [0.2, 0.25) is 0 Å². The number of nitrogens with one attached hydrogen (secondary N) is 1. The largest absolute Gasteiger partial charge is 0.497 e. The van der Waals surface area contributed by atoms with Gasteiger partial charge >= 0.3 is 0 Å². The van der Waals surface area contributed by atoms with Gasteiger partial charge in [0.05, 0.1) is 13.7 Å². The van der Waals surface area contributed by atoms with Crippen molar-refractivity contribution in [1.82, 2.24) is 24.8 Å². The van der Waals surface area contributed by atoms with Crippen molar-refractivity contribution in [1.29, 1.82) is 0 Å². The summed E-state index contributed by atoms with van der Waals surface area (Å²) in [6, 6.07) is 11.8. The minimum Gasteiger partial charge on any atom is -0.497 e. The summed E-state index contributed by atoms with van der Waals surface area (Å²) in [7, 11) is 1.64. The van der Waals surface area contributed by atoms with E-state index in [0.717, 1.165) is 49.6 Å². The van der Waals surface area contributed by atoms with E-state index in [9.17, 15) is 4.79 Å². The van der Waals surface area contributed by atoms with Crippen LogP contribution < -0.4 is 10.1 Å². The molecule has 3 aromatic rings. The van der Waals surface area contributed by atoms with Gasteiger partial charge < -0.3 is 19.4 Å². The number of methoxy groups -OCH3 is 1. The lowest BCUT2D eigenvalue weighted by atomic mass is 9.88. The summed E-state index contributed by atoms with van der Waals surface area (Å²) in [6.07, 6.45) is 8.48. The summed E-state index contributed by atoms with van der Waals surface area (Å²) >= 11 is 0. The third-order valence-electron chi connectivity index (χ3n) is 6.59. The SMILES string of the molecule is COc1ccc(CNC(=O)[C@H]2Cn3ccnc3C3(CCN(Cc4ccncc4)CC3)O2)cc1. The van der Waals surface area contributed by atoms with Gasteiger partial charge in [-0.3, -0.25) is 14.7 Å². The molecule has 172 valence electrons. The average molecular weight is 448 g/mol. The Bertz CT molecular complexity index is 1070. The van der Waals surface area contributed by atoms with Crippen LogP contribution in [-0.2, 0) is 34.8 Å². The fourth-order valence-corrected chi connectivity index (χ4v) is 4.74. The van der Waals surface area contributed by atoms with Gasteiger partial charge in [-0.1, -0.05) is 12.1 Å². The van der Waals surface area contributed by atoms with Gasteiger partial charge in [-0.05, 0) is 48.2 Å². The Morgan fingerprint density at radius 3 is 2.61 bits per heavy atom. The quantitative estimate of drug-likeness (QED) is 0.625. The molecular formula is C25H29N5O3. The Kier molecular flexibility index (Phi) is 6.11. The van der Waals surface area contributed by atoms with E-state index in [1.807, 2.05) is 42.9 Å². The number of piperidine rings is 1. The lowest BCUT2D eigenvalue weighted by Crippen LogP contribution is -2.53. The van der Waals surface area contributed by atoms with Gasteiger partial charge in [-0.15, -0.1) is 0 Å². The number of carbonyl (C=O) groups excluding carboxylic acids is 1. The average Bonchev–Trinajstić information content (AvgIpc) is 3.35. The van der Waals surface area contributed by atoms with Crippen molar-refractivity contribution in [3.63, 3.8) is 0 Å². The van der Waals surface area contributed by atoms with Crippen LogP contribution >= 0.6 is 0 Å². The topological polar surface area (TPSA) is 81.5 Å². The van der Waals surface area contributed by atoms with Crippen molar-refractivity contribution in [2.24, 2.45) is 0 Å². The molecule has 1 atom stereocenters. The van der Waals surface area contributed by atoms with Crippen molar-refractivity contribution in [2.45, 2.75) is 44.2 Å². The van der Waals surface area contributed by atoms with Crippen LogP contribution in [0.1, 0.15) is 29.8 Å². The number of rotatable bonds is 6. The Labute approximate surface area is 193 Å². The number of nitrogens with zero attached hydrogens (tertiary/aromatic N) is 4. The minimum absolute atomic E-state index is 0.0937. The number of aromatic nitrogens is 3. The number of imidazole rings is 1. The second-order valence-electron chi connectivity index (χ2n) is 8.70. The molecule has 33 heavy (non-hydrogen) atoms. The second-order valence-corrected chi connectivity index (χ2v) is 8.70. The Morgan fingerprint density at radius 1 is 1.12 bits per heavy atom. The zero-order chi connectivity index (χ0) is 22.7. The van der Waals surface area contributed by atoms with Crippen LogP contribution in [0.25, 0.3) is 0 Å². The van der Waals surface area contributed by atoms with Crippen LogP contribution in [-0.4, -0.2) is 51.6 Å². The Morgan fingerprint density at radius 2 is 1.88 bits per heavy atom. The van der Waals surface area contributed by atoms with Crippen molar-refractivity contribution in [3.05, 3.63) is 78.1 Å². The van der Waals surface area contributed by atoms with Crippen molar-refractivity contribution < 1.29 is 14.3 Å². The molecule has 0 radical (unpaired) electrons. The lowest BCUT2D eigenvalue weighted by Gasteiger charge is -2.45. The maximum absolute atomic E-state index is 13.0. The molecule has 1 fully saturated rings. The molecule has 0 aliphatic carbocycles. The Balaban J connectivity index is 1.24. The van der Waals surface area contributed by atoms with Gasteiger partial charge in [0, 0.05) is 51.0 Å². The molecule has 8 nitrogen and oxygen atoms in total. The van der Waals surface area contributed by atoms with Gasteiger partial charge in [0.1, 0.15) is 17.2 Å². The van der Waals surface area contributed by atoms with Gasteiger partial charge in [0.15, 0.2) is 6.10 Å². The summed E-state index contributed by atoms with van der Waals surface area (Å²) in [6.45, 7) is 3.59. The number of amides is 1. The molecule has 0 saturated carbocycles. The molecule has 5 rings (SSSR count). The maximum atomic E-state index is 13.0. The molecule has 1 saturated heterocycles. The standard InChI is InChI=1S/C25H29N5O3/c1-32-21-4-2-19(3-5-21)16-28-23(31)22-18-30-15-12-27-24(30)25(33-22)8-13-29(14-9-25)17-20-6-10-26-11-7-20/h2-7,10-12,15,22H,8-9,13-14,16-18H2,1H3,(H,28,31)/t22-/m1/s1. The molecule has 1 N–H and O–H groups in total. The van der Waals surface area contributed by atoms with Crippen molar-refractivity contribution in [2.75, 3.05) is 20.2 Å². The van der Waals surface area contributed by atoms with E-state index in [-0.39, 0.29) is 5.91 Å². The van der Waals surface area contributed by atoms with Gasteiger partial charge in [0.25, 0.3) is 5.91 Å². The monoisotopic (exact) mass is 447 g/mol. The van der Waals surface area contributed by atoms with Gasteiger partial charge in [0.2, 0.25) is 0 Å². The molecule has 0 bridgehead atoms. The van der Waals surface area contributed by atoms with E-state index in [2.05, 4.69) is 36.9 Å². The number of benzene rings is 1. The number of hydrogen-bond donors (Lipinski definition) is 1. The normalized spacial score (nSPS) is 19.7. The number of hydrogen-bond acceptors (Lipinski definition) is 6. The second kappa shape index (κ2) is 9.33. The first-order chi connectivity index (χ1) is 16.1. The molecule has 1 aromatic carbocycles. The molecule has 1 amide bonds. The van der Waals surface area contributed by atoms with E-state index >= 15 is 0 Å². The fraction of sp³-hybridized carbons (Fsp3) is 0.400. The predicted molar refractivity (Wildman–Crippen MR) is 122 cm³/mol. The van der Waals surface area contributed by atoms with Gasteiger partial charge in [-0.2, -0.15) is 0 Å². The van der Waals surface area contributed by atoms with Crippen LogP contribution in [0, 0.1) is 0 Å². The van der Waals surface area contributed by atoms with Crippen LogP contribution in [0.3, 0.4) is 0 Å². The number of carbonyl (C=O) groups is 1. The highest BCUT2D eigenvalue weighted by Crippen LogP contribution is 2.40. The van der Waals surface area contributed by atoms with E-state index < -0.39 is 11.7 Å². The van der Waals surface area contributed by atoms with Gasteiger partial charge in [-0.25, -0.2) is 4.98 Å². The molecule has 2 aromatic heterocycles. The summed E-state index contributed by atoms with van der Waals surface area (Å²) in [5.74, 6) is 1.64. The highest BCUT2D eigenvalue weighted by Gasteiger charge is 2.47. The summed E-state index contributed by atoms with van der Waals surface area (Å²) in [5.41, 5.74) is 1.74. The number of fused-ring (bicyclic) bond motifs is 2. The summed E-state index contributed by atoms with van der Waals surface area (Å²) < 4.78 is 13.8. The molecular weight excluding hydrogens is 418 g/mol. The van der Waals surface area contributed by atoms with E-state index in [4.69, 9.17) is 9.47 Å². The molecule has 4 heterocycles. The molecule has 2 aliphatic rings. The first kappa shape index (κ1) is 21.6. The maximum Gasteiger partial charge on any atom is 0.251 e. The first-order valence-corrected chi connectivity index (χ1v) is 11.4. The number of pyridine rings is 1. The predicted octanol–water partition coefficient (Wildman–Crippen LogP) is 2.49. The zero-order valence-corrected chi connectivity index (χ0v) is 18.8. The van der Waals surface area contributed by atoms with Crippen molar-refractivity contribution >= 4 is 5.91 Å². The third-order valence-corrected chi connectivity index (χ3v) is 6.59. The summed E-state index contributed by atoms with van der Waals surface area (Å²) in [5, 5.41) is 3.04. The fourth-order valence-electron chi connectivity index (χ4n) is 4.74. The molecule has 8 heteroatoms. The van der Waals surface area contributed by atoms with Crippen LogP contribution in [0.15, 0.2) is 61.2 Å². The smallest absolute Gasteiger partial charge is 0.251 e. The molecule has 0 unspecified atom stereocenters. The lowest BCUT2D eigenvalue weighted by molar-refractivity contribution is -0.174. The highest BCUT2D eigenvalue weighted by molar-refractivity contribution is 5.81. The minimum atomic E-state index is -0.545. The zero-order valence-electron chi connectivity index (χ0n) is 18.8. The van der Waals surface area contributed by atoms with Crippen molar-refractivity contribution in [3.8, 4) is 5.75 Å². The highest BCUT2D eigenvalue weighted by atomic mass is 16.5. The molecule has 1 spiro atoms. The third kappa shape index (κ3) is 4.62. The van der Waals surface area contributed by atoms with E-state index in [0.29, 0.717) is 13.1 Å². The summed E-state index contributed by atoms with van der Waals surface area (Å²) in [4.78, 5) is 24.2. The van der Waals surface area contributed by atoms with E-state index in [1.165, 1.54) is 5.56 Å². The Hall–Kier alpha value is -3.23.